The van der Waals surface area contributed by atoms with Crippen LogP contribution in [0.4, 0.5) is 5.69 Å². The van der Waals surface area contributed by atoms with Crippen LogP contribution in [-0.2, 0) is 16.4 Å². The number of carbonyl (C=O) groups is 1. The highest BCUT2D eigenvalue weighted by molar-refractivity contribution is 7.89. The topological polar surface area (TPSA) is 128 Å². The number of nitrogens with zero attached hydrogens (tertiary/aromatic N) is 1. The summed E-state index contributed by atoms with van der Waals surface area (Å²) < 4.78 is 22.5. The van der Waals surface area contributed by atoms with Crippen LogP contribution in [0.3, 0.4) is 0 Å². The third-order valence-corrected chi connectivity index (χ3v) is 5.93. The Bertz CT molecular complexity index is 1070. The van der Waals surface area contributed by atoms with Gasteiger partial charge in [-0.1, -0.05) is 12.1 Å². The molecule has 0 saturated heterocycles. The Morgan fingerprint density at radius 3 is 2.54 bits per heavy atom. The van der Waals surface area contributed by atoms with E-state index in [9.17, 15) is 13.2 Å². The fraction of sp³-hybridized carbons (Fsp3) is 0.176. The molecule has 1 aromatic carbocycles. The number of aromatic nitrogens is 1. The molecule has 0 aliphatic rings. The van der Waals surface area contributed by atoms with Gasteiger partial charge in [0.1, 0.15) is 9.71 Å². The van der Waals surface area contributed by atoms with Gasteiger partial charge in [-0.2, -0.15) is 0 Å². The maximum absolute atomic E-state index is 12.4. The number of nitrogen functional groups attached to an aromatic ring is 1. The summed E-state index contributed by atoms with van der Waals surface area (Å²) in [4.78, 5) is 18.0. The first kappa shape index (κ1) is 18.3. The van der Waals surface area contributed by atoms with Gasteiger partial charge >= 0.3 is 0 Å². The largest absolute Gasteiger partial charge is 0.397 e. The molecule has 0 unspecified atom stereocenters. The summed E-state index contributed by atoms with van der Waals surface area (Å²) >= 11 is 1.27. The van der Waals surface area contributed by atoms with Crippen LogP contribution in [0.15, 0.2) is 41.3 Å². The molecule has 1 amide bonds. The molecule has 3 aromatic rings. The highest BCUT2D eigenvalue weighted by atomic mass is 32.2. The van der Waals surface area contributed by atoms with Crippen molar-refractivity contribution in [1.29, 1.82) is 0 Å². The number of nitrogens with two attached hydrogens (primary N) is 2. The quantitative estimate of drug-likeness (QED) is 0.612. The molecule has 0 bridgehead atoms. The number of fused-ring (bicyclic) bond motifs is 1. The predicted molar refractivity (Wildman–Crippen MR) is 103 cm³/mol. The van der Waals surface area contributed by atoms with E-state index in [2.05, 4.69) is 10.3 Å². The third-order valence-electron chi connectivity index (χ3n) is 3.89. The van der Waals surface area contributed by atoms with Gasteiger partial charge in [0.05, 0.1) is 10.6 Å². The zero-order valence-electron chi connectivity index (χ0n) is 14.0. The molecular weight excluding hydrogens is 372 g/mol. The number of amides is 1. The van der Waals surface area contributed by atoms with Crippen LogP contribution in [0.2, 0.25) is 0 Å². The van der Waals surface area contributed by atoms with E-state index in [4.69, 9.17) is 10.9 Å². The van der Waals surface area contributed by atoms with Crippen molar-refractivity contribution in [3.63, 3.8) is 0 Å². The summed E-state index contributed by atoms with van der Waals surface area (Å²) in [5.41, 5.74) is 8.27. The van der Waals surface area contributed by atoms with Gasteiger partial charge in [0, 0.05) is 17.6 Å². The molecule has 9 heteroatoms. The fourth-order valence-electron chi connectivity index (χ4n) is 2.50. The molecule has 0 saturated carbocycles. The summed E-state index contributed by atoms with van der Waals surface area (Å²) in [6.45, 7) is 2.28. The third kappa shape index (κ3) is 3.85. The summed E-state index contributed by atoms with van der Waals surface area (Å²) in [6, 6.07) is 9.97. The van der Waals surface area contributed by atoms with E-state index in [1.807, 2.05) is 19.1 Å². The molecule has 7 nitrogen and oxygen atoms in total. The van der Waals surface area contributed by atoms with Gasteiger partial charge in [0.2, 0.25) is 10.0 Å². The number of benzene rings is 1. The highest BCUT2D eigenvalue weighted by Crippen LogP contribution is 2.32. The van der Waals surface area contributed by atoms with Gasteiger partial charge in [-0.3, -0.25) is 4.79 Å². The zero-order valence-corrected chi connectivity index (χ0v) is 15.7. The van der Waals surface area contributed by atoms with E-state index in [0.29, 0.717) is 23.5 Å². The molecule has 5 N–H and O–H groups in total. The van der Waals surface area contributed by atoms with Crippen LogP contribution >= 0.6 is 11.3 Å². The first-order valence-electron chi connectivity index (χ1n) is 7.81. The second-order valence-electron chi connectivity index (χ2n) is 5.85. The lowest BCUT2D eigenvalue weighted by Gasteiger charge is -2.05. The molecule has 0 aliphatic carbocycles. The first-order chi connectivity index (χ1) is 12.3. The molecule has 26 heavy (non-hydrogen) atoms. The number of hydrogen-bond donors (Lipinski definition) is 3. The number of carbonyl (C=O) groups excluding carboxylic acids is 1. The second kappa shape index (κ2) is 7.02. The molecular formula is C17H18N4O3S2. The van der Waals surface area contributed by atoms with E-state index >= 15 is 0 Å². The summed E-state index contributed by atoms with van der Waals surface area (Å²) in [6.07, 6.45) is 0.554. The molecule has 2 heterocycles. The lowest BCUT2D eigenvalue weighted by molar-refractivity contribution is 0.0959. The van der Waals surface area contributed by atoms with Crippen molar-refractivity contribution in [2.45, 2.75) is 18.2 Å². The lowest BCUT2D eigenvalue weighted by Crippen LogP contribution is -2.25. The van der Waals surface area contributed by atoms with Crippen molar-refractivity contribution in [2.24, 2.45) is 5.14 Å². The lowest BCUT2D eigenvalue weighted by atomic mass is 10.1. The number of hydrogen-bond acceptors (Lipinski definition) is 6. The van der Waals surface area contributed by atoms with Gasteiger partial charge in [-0.15, -0.1) is 11.3 Å². The van der Waals surface area contributed by atoms with Crippen molar-refractivity contribution in [1.82, 2.24) is 10.3 Å². The number of rotatable bonds is 5. The van der Waals surface area contributed by atoms with Crippen molar-refractivity contribution < 1.29 is 13.2 Å². The number of primary sulfonamides is 1. The number of thiophene rings is 1. The van der Waals surface area contributed by atoms with Crippen LogP contribution < -0.4 is 16.2 Å². The minimum Gasteiger partial charge on any atom is -0.397 e. The average molecular weight is 390 g/mol. The van der Waals surface area contributed by atoms with Crippen LogP contribution in [0.25, 0.3) is 10.2 Å². The Morgan fingerprint density at radius 1 is 1.19 bits per heavy atom. The number of nitrogens with one attached hydrogen (secondary N) is 1. The molecule has 3 rings (SSSR count). The van der Waals surface area contributed by atoms with Crippen LogP contribution in [0, 0.1) is 6.92 Å². The van der Waals surface area contributed by atoms with Crippen molar-refractivity contribution in [3.8, 4) is 0 Å². The SMILES string of the molecule is Cc1ccc2c(N)c(C(=O)NCCc3ccc(S(N)(=O)=O)cc3)sc2n1. The van der Waals surface area contributed by atoms with E-state index in [1.54, 1.807) is 12.1 Å². The molecule has 136 valence electrons. The maximum Gasteiger partial charge on any atom is 0.263 e. The number of aryl methyl sites for hydroxylation is 1. The molecule has 0 atom stereocenters. The Kier molecular flexibility index (Phi) is 4.94. The molecule has 0 fully saturated rings. The summed E-state index contributed by atoms with van der Waals surface area (Å²) in [5, 5.41) is 8.68. The van der Waals surface area contributed by atoms with Crippen LogP contribution in [0.1, 0.15) is 20.9 Å². The number of pyridine rings is 1. The van der Waals surface area contributed by atoms with Gasteiger partial charge < -0.3 is 11.1 Å². The molecule has 0 radical (unpaired) electrons. The van der Waals surface area contributed by atoms with Gasteiger partial charge in [-0.05, 0) is 43.2 Å². The summed E-state index contributed by atoms with van der Waals surface area (Å²) in [5.74, 6) is -0.246. The van der Waals surface area contributed by atoms with E-state index in [1.165, 1.54) is 23.5 Å². The summed E-state index contributed by atoms with van der Waals surface area (Å²) in [7, 11) is -3.70. The van der Waals surface area contributed by atoms with E-state index < -0.39 is 10.0 Å². The first-order valence-corrected chi connectivity index (χ1v) is 10.2. The Labute approximate surface area is 155 Å². The van der Waals surface area contributed by atoms with Gasteiger partial charge in [-0.25, -0.2) is 18.5 Å². The molecule has 0 spiro atoms. The van der Waals surface area contributed by atoms with Crippen molar-refractivity contribution in [2.75, 3.05) is 12.3 Å². The normalized spacial score (nSPS) is 11.6. The minimum absolute atomic E-state index is 0.0612. The smallest absolute Gasteiger partial charge is 0.263 e. The Balaban J connectivity index is 1.65. The van der Waals surface area contributed by atoms with Crippen LogP contribution in [0.5, 0.6) is 0 Å². The second-order valence-corrected chi connectivity index (χ2v) is 8.41. The fourth-order valence-corrected chi connectivity index (χ4v) is 4.08. The standard InChI is InChI=1S/C17H18N4O3S2/c1-10-2-7-13-14(18)15(25-17(13)21-10)16(22)20-9-8-11-3-5-12(6-4-11)26(19,23)24/h2-7H,8-9,18H2,1H3,(H,20,22)(H2,19,23,24). The van der Waals surface area contributed by atoms with Crippen LogP contribution in [-0.4, -0.2) is 25.9 Å². The van der Waals surface area contributed by atoms with Crippen molar-refractivity contribution in [3.05, 3.63) is 52.5 Å². The highest BCUT2D eigenvalue weighted by Gasteiger charge is 2.17. The Hall–Kier alpha value is -2.49. The molecule has 2 aromatic heterocycles. The average Bonchev–Trinajstić information content (AvgIpc) is 2.90. The Morgan fingerprint density at radius 2 is 1.88 bits per heavy atom. The van der Waals surface area contributed by atoms with Gasteiger partial charge in [0.15, 0.2) is 0 Å². The van der Waals surface area contributed by atoms with E-state index in [-0.39, 0.29) is 10.8 Å². The predicted octanol–water partition coefficient (Wildman–Crippen LogP) is 1.81. The maximum atomic E-state index is 12.4. The number of sulfonamides is 1. The monoisotopic (exact) mass is 390 g/mol. The van der Waals surface area contributed by atoms with Gasteiger partial charge in [0.25, 0.3) is 5.91 Å². The molecule has 0 aliphatic heterocycles. The zero-order chi connectivity index (χ0) is 18.9. The minimum atomic E-state index is -3.70. The number of anilines is 1. The van der Waals surface area contributed by atoms with Crippen molar-refractivity contribution >= 4 is 43.2 Å². The van der Waals surface area contributed by atoms with E-state index in [0.717, 1.165) is 21.5 Å².